The van der Waals surface area contributed by atoms with Crippen molar-refractivity contribution >= 4 is 43.5 Å². The van der Waals surface area contributed by atoms with Crippen molar-refractivity contribution in [1.82, 2.24) is 4.98 Å². The molecule has 0 fully saturated rings. The molecule has 0 saturated carbocycles. The van der Waals surface area contributed by atoms with Gasteiger partial charge in [0, 0.05) is 16.3 Å². The van der Waals surface area contributed by atoms with Crippen molar-refractivity contribution in [3.8, 4) is 51.0 Å². The van der Waals surface area contributed by atoms with Gasteiger partial charge in [0.25, 0.3) is 0 Å². The zero-order valence-corrected chi connectivity index (χ0v) is 21.7. The van der Waals surface area contributed by atoms with E-state index in [0.717, 1.165) is 59.4 Å². The number of rotatable bonds is 3. The van der Waals surface area contributed by atoms with Gasteiger partial charge in [-0.2, -0.15) is 15.8 Å². The van der Waals surface area contributed by atoms with Crippen molar-refractivity contribution in [3.05, 3.63) is 114 Å². The normalized spacial score (nSPS) is 10.9. The molecular formula is C34H16N4OS. The molecule has 0 spiro atoms. The maximum Gasteiger partial charge on any atom is 0.136 e. The fraction of sp³-hybridized carbons (Fsp3) is 0. The van der Waals surface area contributed by atoms with E-state index in [1.807, 2.05) is 42.5 Å². The van der Waals surface area contributed by atoms with E-state index in [1.165, 1.54) is 0 Å². The van der Waals surface area contributed by atoms with E-state index >= 15 is 0 Å². The number of furan rings is 1. The Morgan fingerprint density at radius 2 is 1.25 bits per heavy atom. The van der Waals surface area contributed by atoms with Gasteiger partial charge >= 0.3 is 0 Å². The van der Waals surface area contributed by atoms with Crippen LogP contribution in [0.15, 0.2) is 101 Å². The highest BCUT2D eigenvalue weighted by Gasteiger charge is 2.14. The zero-order chi connectivity index (χ0) is 27.2. The second-order valence-electron chi connectivity index (χ2n) is 9.41. The SMILES string of the molecule is N#Cc1ccc2c(c1)oc1cc(-c3cc(-c4ccc(C#N)c(C#N)c4)cc(-c4nc5ccccc5s4)c3)ccc12. The van der Waals surface area contributed by atoms with E-state index in [2.05, 4.69) is 48.5 Å². The first-order valence-corrected chi connectivity index (χ1v) is 13.3. The van der Waals surface area contributed by atoms with Crippen LogP contribution in [0, 0.1) is 34.0 Å². The van der Waals surface area contributed by atoms with Crippen LogP contribution in [0.2, 0.25) is 0 Å². The molecule has 0 aliphatic carbocycles. The van der Waals surface area contributed by atoms with Gasteiger partial charge in [0.1, 0.15) is 28.3 Å². The number of thiazole rings is 1. The second-order valence-corrected chi connectivity index (χ2v) is 10.4. The molecule has 0 unspecified atom stereocenters. The van der Waals surface area contributed by atoms with Gasteiger partial charge in [-0.1, -0.05) is 24.3 Å². The average molecular weight is 529 g/mol. The monoisotopic (exact) mass is 528 g/mol. The van der Waals surface area contributed by atoms with Crippen LogP contribution in [0.4, 0.5) is 0 Å². The summed E-state index contributed by atoms with van der Waals surface area (Å²) in [5.74, 6) is 0. The van der Waals surface area contributed by atoms with Gasteiger partial charge in [0.15, 0.2) is 0 Å². The molecular weight excluding hydrogens is 512 g/mol. The number of hydrogen-bond acceptors (Lipinski definition) is 6. The molecule has 5 aromatic carbocycles. The van der Waals surface area contributed by atoms with Gasteiger partial charge in [0.2, 0.25) is 0 Å². The molecule has 0 amide bonds. The van der Waals surface area contributed by atoms with E-state index in [1.54, 1.807) is 35.6 Å². The Balaban J connectivity index is 1.43. The lowest BCUT2D eigenvalue weighted by Crippen LogP contribution is -1.89. The summed E-state index contributed by atoms with van der Waals surface area (Å²) in [4.78, 5) is 4.89. The maximum absolute atomic E-state index is 9.62. The third-order valence-electron chi connectivity index (χ3n) is 7.00. The first-order valence-electron chi connectivity index (χ1n) is 12.5. The molecule has 7 rings (SSSR count). The summed E-state index contributed by atoms with van der Waals surface area (Å²) in [7, 11) is 0. The Hall–Kier alpha value is -5.74. The minimum atomic E-state index is 0.340. The molecule has 0 radical (unpaired) electrons. The van der Waals surface area contributed by atoms with Crippen LogP contribution in [0.5, 0.6) is 0 Å². The highest BCUT2D eigenvalue weighted by atomic mass is 32.1. The predicted molar refractivity (Wildman–Crippen MR) is 157 cm³/mol. The Morgan fingerprint density at radius 3 is 2.00 bits per heavy atom. The summed E-state index contributed by atoms with van der Waals surface area (Å²) in [6, 6.07) is 37.7. The lowest BCUT2D eigenvalue weighted by Gasteiger charge is -2.10. The second kappa shape index (κ2) is 9.22. The molecule has 0 N–H and O–H groups in total. The standard InChI is InChI=1S/C34H16N4OS/c35-17-20-5-9-28-29-10-8-22(16-32(29)39-31(28)11-20)25-13-24(21-6-7-23(18-36)27(12-21)19-37)14-26(15-25)34-38-30-3-1-2-4-33(30)40-34/h1-16H. The van der Waals surface area contributed by atoms with E-state index in [4.69, 9.17) is 9.40 Å². The number of aromatic nitrogens is 1. The predicted octanol–water partition coefficient (Wildman–Crippen LogP) is 8.81. The Morgan fingerprint density at radius 1 is 0.575 bits per heavy atom. The Kier molecular flexibility index (Phi) is 5.39. The summed E-state index contributed by atoms with van der Waals surface area (Å²) in [6.07, 6.45) is 0. The summed E-state index contributed by atoms with van der Waals surface area (Å²) in [5, 5.41) is 31.1. The number of hydrogen-bond donors (Lipinski definition) is 0. The van der Waals surface area contributed by atoms with Gasteiger partial charge in [-0.05, 0) is 95.1 Å². The number of benzene rings is 5. The lowest BCUT2D eigenvalue weighted by molar-refractivity contribution is 0.669. The minimum absolute atomic E-state index is 0.340. The van der Waals surface area contributed by atoms with Crippen LogP contribution in [0.1, 0.15) is 16.7 Å². The van der Waals surface area contributed by atoms with Crippen molar-refractivity contribution in [1.29, 1.82) is 15.8 Å². The zero-order valence-electron chi connectivity index (χ0n) is 20.8. The number of fused-ring (bicyclic) bond motifs is 4. The van der Waals surface area contributed by atoms with E-state index in [-0.39, 0.29) is 0 Å². The number of para-hydroxylation sites is 1. The lowest BCUT2D eigenvalue weighted by atomic mass is 9.94. The fourth-order valence-corrected chi connectivity index (χ4v) is 5.97. The smallest absolute Gasteiger partial charge is 0.136 e. The average Bonchev–Trinajstić information content (AvgIpc) is 3.61. The summed E-state index contributed by atoms with van der Waals surface area (Å²) in [5.41, 5.74) is 8.25. The highest BCUT2D eigenvalue weighted by molar-refractivity contribution is 7.21. The van der Waals surface area contributed by atoms with Crippen LogP contribution >= 0.6 is 11.3 Å². The summed E-state index contributed by atoms with van der Waals surface area (Å²) in [6.45, 7) is 0. The molecule has 2 aromatic heterocycles. The van der Waals surface area contributed by atoms with Crippen LogP contribution in [-0.4, -0.2) is 4.98 Å². The van der Waals surface area contributed by atoms with E-state index in [9.17, 15) is 15.8 Å². The topological polar surface area (TPSA) is 97.4 Å². The van der Waals surface area contributed by atoms with E-state index in [0.29, 0.717) is 22.3 Å². The fourth-order valence-electron chi connectivity index (χ4n) is 5.02. The van der Waals surface area contributed by atoms with Gasteiger partial charge < -0.3 is 4.42 Å². The molecule has 40 heavy (non-hydrogen) atoms. The molecule has 7 aromatic rings. The van der Waals surface area contributed by atoms with Crippen LogP contribution < -0.4 is 0 Å². The molecule has 184 valence electrons. The van der Waals surface area contributed by atoms with Gasteiger partial charge in [0.05, 0.1) is 33.0 Å². The third-order valence-corrected chi connectivity index (χ3v) is 8.09. The molecule has 0 aliphatic heterocycles. The van der Waals surface area contributed by atoms with Crippen molar-refractivity contribution in [2.45, 2.75) is 0 Å². The molecule has 0 aliphatic rings. The summed E-state index contributed by atoms with van der Waals surface area (Å²) >= 11 is 1.63. The molecule has 6 heteroatoms. The van der Waals surface area contributed by atoms with E-state index < -0.39 is 0 Å². The minimum Gasteiger partial charge on any atom is -0.456 e. The number of nitriles is 3. The van der Waals surface area contributed by atoms with Crippen molar-refractivity contribution in [2.75, 3.05) is 0 Å². The molecule has 0 bridgehead atoms. The molecule has 0 saturated heterocycles. The third kappa shape index (κ3) is 3.87. The Bertz CT molecular complexity index is 2240. The van der Waals surface area contributed by atoms with Crippen molar-refractivity contribution in [2.24, 2.45) is 0 Å². The van der Waals surface area contributed by atoms with Crippen LogP contribution in [0.25, 0.3) is 65.0 Å². The van der Waals surface area contributed by atoms with Gasteiger partial charge in [-0.3, -0.25) is 0 Å². The van der Waals surface area contributed by atoms with Crippen LogP contribution in [-0.2, 0) is 0 Å². The molecule has 5 nitrogen and oxygen atoms in total. The van der Waals surface area contributed by atoms with Crippen molar-refractivity contribution < 1.29 is 4.42 Å². The van der Waals surface area contributed by atoms with Crippen molar-refractivity contribution in [3.63, 3.8) is 0 Å². The first-order chi connectivity index (χ1) is 19.6. The maximum atomic E-state index is 9.62. The molecule has 2 heterocycles. The molecule has 0 atom stereocenters. The van der Waals surface area contributed by atoms with Crippen LogP contribution in [0.3, 0.4) is 0 Å². The quantitative estimate of drug-likeness (QED) is 0.228. The largest absolute Gasteiger partial charge is 0.456 e. The van der Waals surface area contributed by atoms with Gasteiger partial charge in [-0.25, -0.2) is 4.98 Å². The van der Waals surface area contributed by atoms with Gasteiger partial charge in [-0.15, -0.1) is 11.3 Å². The highest BCUT2D eigenvalue weighted by Crippen LogP contribution is 2.38. The Labute approximate surface area is 233 Å². The first kappa shape index (κ1) is 23.4. The summed E-state index contributed by atoms with van der Waals surface area (Å²) < 4.78 is 7.26. The number of nitrogens with zero attached hydrogens (tertiary/aromatic N) is 4.